The highest BCUT2D eigenvalue weighted by atomic mass is 79.9. The van der Waals surface area contributed by atoms with Crippen molar-refractivity contribution in [2.45, 2.75) is 30.4 Å². The number of fused-ring (bicyclic) bond motifs is 1. The largest absolute Gasteiger partial charge is 0.382 e. The molecule has 1 aromatic rings. The van der Waals surface area contributed by atoms with Crippen molar-refractivity contribution in [1.29, 1.82) is 0 Å². The van der Waals surface area contributed by atoms with Gasteiger partial charge < -0.3 is 5.32 Å². The van der Waals surface area contributed by atoms with Crippen LogP contribution in [0.1, 0.15) is 19.4 Å². The maximum atomic E-state index is 3.59. The molecule has 2 rings (SSSR count). The minimum Gasteiger partial charge on any atom is -0.382 e. The van der Waals surface area contributed by atoms with E-state index in [2.05, 4.69) is 54.2 Å². The highest BCUT2D eigenvalue weighted by molar-refractivity contribution is 9.10. The van der Waals surface area contributed by atoms with Crippen molar-refractivity contribution in [2.24, 2.45) is 0 Å². The zero-order valence-corrected chi connectivity index (χ0v) is 11.1. The molecule has 0 saturated heterocycles. The number of benzene rings is 1. The van der Waals surface area contributed by atoms with Gasteiger partial charge in [0, 0.05) is 20.7 Å². The summed E-state index contributed by atoms with van der Waals surface area (Å²) in [6.45, 7) is 7.69. The molecule has 0 radical (unpaired) electrons. The summed E-state index contributed by atoms with van der Waals surface area (Å²) in [5.41, 5.74) is 2.56. The maximum Gasteiger partial charge on any atom is 0.0623 e. The van der Waals surface area contributed by atoms with Gasteiger partial charge in [-0.25, -0.2) is 0 Å². The van der Waals surface area contributed by atoms with Crippen LogP contribution in [0.15, 0.2) is 21.5 Å². The summed E-state index contributed by atoms with van der Waals surface area (Å²) >= 11 is 5.54. The molecular formula is C11H14BrNS. The van der Waals surface area contributed by atoms with Gasteiger partial charge in [0.1, 0.15) is 0 Å². The fraction of sp³-hybridized carbons (Fsp3) is 0.455. The second kappa shape index (κ2) is 3.46. The van der Waals surface area contributed by atoms with Gasteiger partial charge in [-0.1, -0.05) is 0 Å². The Morgan fingerprint density at radius 1 is 1.43 bits per heavy atom. The van der Waals surface area contributed by atoms with Crippen LogP contribution in [-0.4, -0.2) is 11.3 Å². The monoisotopic (exact) mass is 271 g/mol. The zero-order chi connectivity index (χ0) is 10.3. The van der Waals surface area contributed by atoms with E-state index in [-0.39, 0.29) is 0 Å². The molecule has 1 nitrogen and oxygen atoms in total. The van der Waals surface area contributed by atoms with Crippen molar-refractivity contribution in [3.05, 3.63) is 22.2 Å². The Bertz CT molecular complexity index is 374. The number of anilines is 1. The van der Waals surface area contributed by atoms with Gasteiger partial charge >= 0.3 is 0 Å². The standard InChI is InChI=1S/C11H14BrNS/c1-7-4-8(12)10-9(5-7)14-11(2,3)6-13-10/h4-5,13H,6H2,1-3H3. The van der Waals surface area contributed by atoms with Crippen LogP contribution in [0.3, 0.4) is 0 Å². The number of nitrogens with one attached hydrogen (secondary N) is 1. The lowest BCUT2D eigenvalue weighted by molar-refractivity contribution is 0.738. The number of hydrogen-bond donors (Lipinski definition) is 1. The van der Waals surface area contributed by atoms with E-state index in [1.165, 1.54) is 20.6 Å². The van der Waals surface area contributed by atoms with Crippen LogP contribution in [-0.2, 0) is 0 Å². The first kappa shape index (κ1) is 10.4. The molecule has 76 valence electrons. The van der Waals surface area contributed by atoms with Gasteiger partial charge in [-0.05, 0) is 54.4 Å². The van der Waals surface area contributed by atoms with E-state index in [4.69, 9.17) is 0 Å². The second-order valence-electron chi connectivity index (χ2n) is 4.34. The summed E-state index contributed by atoms with van der Waals surface area (Å²) in [6, 6.07) is 4.41. The normalized spacial score (nSPS) is 18.6. The number of hydrogen-bond acceptors (Lipinski definition) is 2. The Kier molecular flexibility index (Phi) is 2.56. The molecule has 0 aliphatic carbocycles. The molecule has 0 aromatic heterocycles. The van der Waals surface area contributed by atoms with E-state index < -0.39 is 0 Å². The SMILES string of the molecule is Cc1cc(Br)c2c(c1)SC(C)(C)CN2. The Balaban J connectivity index is 2.47. The average Bonchev–Trinajstić information content (AvgIpc) is 2.00. The first-order chi connectivity index (χ1) is 6.48. The van der Waals surface area contributed by atoms with Crippen LogP contribution in [0.4, 0.5) is 5.69 Å². The summed E-state index contributed by atoms with van der Waals surface area (Å²) < 4.78 is 1.47. The Labute approximate surface area is 97.8 Å². The molecule has 0 bridgehead atoms. The summed E-state index contributed by atoms with van der Waals surface area (Å²) in [5, 5.41) is 3.48. The molecule has 3 heteroatoms. The van der Waals surface area contributed by atoms with Crippen LogP contribution in [0.2, 0.25) is 0 Å². The highest BCUT2D eigenvalue weighted by Crippen LogP contribution is 2.44. The molecule has 0 unspecified atom stereocenters. The van der Waals surface area contributed by atoms with Crippen LogP contribution >= 0.6 is 27.7 Å². The van der Waals surface area contributed by atoms with Crippen molar-refractivity contribution < 1.29 is 0 Å². The molecule has 1 aliphatic rings. The summed E-state index contributed by atoms with van der Waals surface area (Å²) in [5.74, 6) is 0. The number of rotatable bonds is 0. The molecule has 1 aromatic carbocycles. The fourth-order valence-electron chi connectivity index (χ4n) is 1.60. The van der Waals surface area contributed by atoms with Gasteiger partial charge in [0.05, 0.1) is 5.69 Å². The quantitative estimate of drug-likeness (QED) is 0.764. The molecule has 1 aliphatic heterocycles. The van der Waals surface area contributed by atoms with Crippen molar-refractivity contribution in [2.75, 3.05) is 11.9 Å². The van der Waals surface area contributed by atoms with E-state index in [0.29, 0.717) is 4.75 Å². The highest BCUT2D eigenvalue weighted by Gasteiger charge is 2.26. The van der Waals surface area contributed by atoms with Gasteiger partial charge in [-0.3, -0.25) is 0 Å². The van der Waals surface area contributed by atoms with Crippen LogP contribution in [0.25, 0.3) is 0 Å². The van der Waals surface area contributed by atoms with Gasteiger partial charge in [0.15, 0.2) is 0 Å². The molecule has 14 heavy (non-hydrogen) atoms. The molecular weight excluding hydrogens is 258 g/mol. The third-order valence-corrected chi connectivity index (χ3v) is 4.14. The van der Waals surface area contributed by atoms with E-state index in [1.807, 2.05) is 11.8 Å². The van der Waals surface area contributed by atoms with Crippen molar-refractivity contribution in [3.8, 4) is 0 Å². The minimum atomic E-state index is 0.292. The lowest BCUT2D eigenvalue weighted by Gasteiger charge is -2.32. The van der Waals surface area contributed by atoms with E-state index in [9.17, 15) is 0 Å². The summed E-state index contributed by atoms with van der Waals surface area (Å²) in [6.07, 6.45) is 0. The third kappa shape index (κ3) is 1.94. The molecule has 1 heterocycles. The van der Waals surface area contributed by atoms with Crippen LogP contribution < -0.4 is 5.32 Å². The smallest absolute Gasteiger partial charge is 0.0623 e. The average molecular weight is 272 g/mol. The Morgan fingerprint density at radius 2 is 2.14 bits per heavy atom. The van der Waals surface area contributed by atoms with Crippen molar-refractivity contribution >= 4 is 33.4 Å². The number of halogens is 1. The minimum absolute atomic E-state index is 0.292. The first-order valence-electron chi connectivity index (χ1n) is 4.71. The first-order valence-corrected chi connectivity index (χ1v) is 6.32. The topological polar surface area (TPSA) is 12.0 Å². The fourth-order valence-corrected chi connectivity index (χ4v) is 3.71. The molecule has 1 N–H and O–H groups in total. The van der Waals surface area contributed by atoms with Crippen LogP contribution in [0, 0.1) is 6.92 Å². The van der Waals surface area contributed by atoms with E-state index in [1.54, 1.807) is 0 Å². The number of thioether (sulfide) groups is 1. The predicted molar refractivity (Wildman–Crippen MR) is 67.3 cm³/mol. The predicted octanol–water partition coefficient (Wildman–Crippen LogP) is 4.05. The van der Waals surface area contributed by atoms with E-state index in [0.717, 1.165) is 6.54 Å². The van der Waals surface area contributed by atoms with E-state index >= 15 is 0 Å². The lowest BCUT2D eigenvalue weighted by Crippen LogP contribution is -2.30. The molecule has 0 saturated carbocycles. The van der Waals surface area contributed by atoms with Gasteiger partial charge in [-0.2, -0.15) is 0 Å². The lowest BCUT2D eigenvalue weighted by atomic mass is 10.1. The summed E-state index contributed by atoms with van der Waals surface area (Å²) in [4.78, 5) is 1.35. The maximum absolute atomic E-state index is 3.59. The van der Waals surface area contributed by atoms with Crippen molar-refractivity contribution in [1.82, 2.24) is 0 Å². The Morgan fingerprint density at radius 3 is 2.86 bits per heavy atom. The molecule has 0 spiro atoms. The van der Waals surface area contributed by atoms with Crippen LogP contribution in [0.5, 0.6) is 0 Å². The molecule has 0 atom stereocenters. The van der Waals surface area contributed by atoms with Crippen molar-refractivity contribution in [3.63, 3.8) is 0 Å². The summed E-state index contributed by atoms with van der Waals surface area (Å²) in [7, 11) is 0. The Hall–Kier alpha value is -0.150. The van der Waals surface area contributed by atoms with Gasteiger partial charge in [-0.15, -0.1) is 11.8 Å². The van der Waals surface area contributed by atoms with Gasteiger partial charge in [0.2, 0.25) is 0 Å². The zero-order valence-electron chi connectivity index (χ0n) is 8.65. The molecule has 0 amide bonds. The number of aryl methyl sites for hydroxylation is 1. The third-order valence-electron chi connectivity index (χ3n) is 2.28. The molecule has 0 fully saturated rings. The second-order valence-corrected chi connectivity index (χ2v) is 6.94. The van der Waals surface area contributed by atoms with Gasteiger partial charge in [0.25, 0.3) is 0 Å².